The highest BCUT2D eigenvalue weighted by atomic mass is 19.1. The van der Waals surface area contributed by atoms with E-state index in [1.54, 1.807) is 6.07 Å². The van der Waals surface area contributed by atoms with Crippen LogP contribution in [0.1, 0.15) is 11.3 Å². The predicted molar refractivity (Wildman–Crippen MR) is 41.7 cm³/mol. The molecule has 0 fully saturated rings. The van der Waals surface area contributed by atoms with Crippen LogP contribution < -0.4 is 5.73 Å². The van der Waals surface area contributed by atoms with Gasteiger partial charge in [-0.3, -0.25) is 0 Å². The molecule has 2 N–H and O–H groups in total. The fourth-order valence-corrected chi connectivity index (χ4v) is 0.918. The molecule has 0 radical (unpaired) electrons. The fraction of sp³-hybridized carbons (Fsp3) is 0.250. The van der Waals surface area contributed by atoms with Crippen LogP contribution in [0.4, 0.5) is 4.39 Å². The third-order valence-corrected chi connectivity index (χ3v) is 1.40. The highest BCUT2D eigenvalue weighted by molar-refractivity contribution is 5.26. The zero-order chi connectivity index (χ0) is 8.97. The minimum atomic E-state index is -0.627. The van der Waals surface area contributed by atoms with Crippen molar-refractivity contribution in [1.82, 2.24) is 4.98 Å². The zero-order valence-corrected chi connectivity index (χ0v) is 6.42. The lowest BCUT2D eigenvalue weighted by molar-refractivity contribution is 0.579. The Kier molecular flexibility index (Phi) is 2.72. The van der Waals surface area contributed by atoms with Crippen molar-refractivity contribution in [2.24, 2.45) is 5.73 Å². The van der Waals surface area contributed by atoms with Crippen molar-refractivity contribution in [2.45, 2.75) is 6.42 Å². The summed E-state index contributed by atoms with van der Waals surface area (Å²) in [6.07, 6.45) is 0.564. The largest absolute Gasteiger partial charge is 0.330 e. The van der Waals surface area contributed by atoms with E-state index in [0.717, 1.165) is 0 Å². The number of aromatic nitrogens is 1. The van der Waals surface area contributed by atoms with Gasteiger partial charge in [0, 0.05) is 0 Å². The van der Waals surface area contributed by atoms with Gasteiger partial charge in [0.2, 0.25) is 5.95 Å². The van der Waals surface area contributed by atoms with Gasteiger partial charge in [-0.05, 0) is 30.7 Å². The molecule has 0 spiro atoms. The lowest BCUT2D eigenvalue weighted by Gasteiger charge is -1.97. The molecule has 0 aromatic carbocycles. The summed E-state index contributed by atoms with van der Waals surface area (Å²) in [6, 6.07) is 4.60. The highest BCUT2D eigenvalue weighted by Gasteiger charge is 2.00. The summed E-state index contributed by atoms with van der Waals surface area (Å²) in [5, 5.41) is 8.44. The van der Waals surface area contributed by atoms with Crippen molar-refractivity contribution in [1.29, 1.82) is 5.26 Å². The summed E-state index contributed by atoms with van der Waals surface area (Å²) < 4.78 is 12.6. The second-order valence-electron chi connectivity index (χ2n) is 2.33. The average Bonchev–Trinajstić information content (AvgIpc) is 2.04. The first-order valence-electron chi connectivity index (χ1n) is 3.53. The molecule has 1 aromatic rings. The number of rotatable bonds is 2. The summed E-state index contributed by atoms with van der Waals surface area (Å²) in [4.78, 5) is 3.37. The van der Waals surface area contributed by atoms with Gasteiger partial charge in [0.25, 0.3) is 0 Å². The quantitative estimate of drug-likeness (QED) is 0.652. The number of nitriles is 1. The lowest BCUT2D eigenvalue weighted by Crippen LogP contribution is -2.04. The number of hydrogen-bond donors (Lipinski definition) is 1. The first-order chi connectivity index (χ1) is 5.76. The van der Waals surface area contributed by atoms with Gasteiger partial charge < -0.3 is 5.73 Å². The van der Waals surface area contributed by atoms with E-state index in [-0.39, 0.29) is 5.69 Å². The SMILES string of the molecule is N#Cc1cc(CCN)cc(F)n1. The standard InChI is InChI=1S/C8H8FN3/c9-8-4-6(1-2-10)3-7(5-11)12-8/h3-4H,1-2,10H2. The van der Waals surface area contributed by atoms with Crippen LogP contribution in [0.2, 0.25) is 0 Å². The molecule has 1 aromatic heterocycles. The van der Waals surface area contributed by atoms with Gasteiger partial charge in [-0.2, -0.15) is 9.65 Å². The van der Waals surface area contributed by atoms with Crippen molar-refractivity contribution in [2.75, 3.05) is 6.54 Å². The smallest absolute Gasteiger partial charge is 0.214 e. The van der Waals surface area contributed by atoms with Crippen LogP contribution in [0.5, 0.6) is 0 Å². The van der Waals surface area contributed by atoms with Crippen LogP contribution in [-0.2, 0) is 6.42 Å². The van der Waals surface area contributed by atoms with E-state index in [0.29, 0.717) is 18.5 Å². The minimum Gasteiger partial charge on any atom is -0.330 e. The van der Waals surface area contributed by atoms with Gasteiger partial charge >= 0.3 is 0 Å². The fourth-order valence-electron chi connectivity index (χ4n) is 0.918. The second kappa shape index (κ2) is 3.79. The van der Waals surface area contributed by atoms with Gasteiger partial charge in [-0.1, -0.05) is 0 Å². The molecule has 0 aliphatic heterocycles. The van der Waals surface area contributed by atoms with Crippen molar-refractivity contribution in [3.63, 3.8) is 0 Å². The summed E-state index contributed by atoms with van der Waals surface area (Å²) in [7, 11) is 0. The third-order valence-electron chi connectivity index (χ3n) is 1.40. The number of hydrogen-bond acceptors (Lipinski definition) is 3. The molecule has 0 atom stereocenters. The summed E-state index contributed by atoms with van der Waals surface area (Å²) in [6.45, 7) is 0.439. The molecule has 0 aliphatic carbocycles. The normalized spacial score (nSPS) is 9.42. The minimum absolute atomic E-state index is 0.0958. The van der Waals surface area contributed by atoms with Crippen LogP contribution in [0.25, 0.3) is 0 Å². The zero-order valence-electron chi connectivity index (χ0n) is 6.42. The second-order valence-corrected chi connectivity index (χ2v) is 2.33. The monoisotopic (exact) mass is 165 g/mol. The van der Waals surface area contributed by atoms with E-state index in [4.69, 9.17) is 11.0 Å². The van der Waals surface area contributed by atoms with Gasteiger partial charge in [-0.15, -0.1) is 0 Å². The Morgan fingerprint density at radius 3 is 2.92 bits per heavy atom. The van der Waals surface area contributed by atoms with Crippen molar-refractivity contribution < 1.29 is 4.39 Å². The first kappa shape index (κ1) is 8.62. The van der Waals surface area contributed by atoms with Crippen molar-refractivity contribution in [3.05, 3.63) is 29.3 Å². The Hall–Kier alpha value is -1.47. The van der Waals surface area contributed by atoms with Crippen LogP contribution in [0.3, 0.4) is 0 Å². The van der Waals surface area contributed by atoms with Crippen molar-refractivity contribution >= 4 is 0 Å². The Bertz CT molecular complexity index is 317. The maximum atomic E-state index is 12.6. The van der Waals surface area contributed by atoms with Gasteiger partial charge in [0.05, 0.1) is 0 Å². The molecule has 0 saturated heterocycles. The van der Waals surface area contributed by atoms with E-state index in [9.17, 15) is 4.39 Å². The number of nitrogens with two attached hydrogens (primary N) is 1. The average molecular weight is 165 g/mol. The number of nitrogens with zero attached hydrogens (tertiary/aromatic N) is 2. The van der Waals surface area contributed by atoms with E-state index >= 15 is 0 Å². The summed E-state index contributed by atoms with van der Waals surface area (Å²) in [5.41, 5.74) is 6.08. The maximum Gasteiger partial charge on any atom is 0.214 e. The molecule has 3 nitrogen and oxygen atoms in total. The lowest BCUT2D eigenvalue weighted by atomic mass is 10.2. The highest BCUT2D eigenvalue weighted by Crippen LogP contribution is 2.04. The molecule has 1 heterocycles. The molecule has 62 valence electrons. The number of pyridine rings is 1. The van der Waals surface area contributed by atoms with Crippen molar-refractivity contribution in [3.8, 4) is 6.07 Å². The summed E-state index contributed by atoms with van der Waals surface area (Å²) in [5.74, 6) is -0.627. The van der Waals surface area contributed by atoms with Crippen LogP contribution in [-0.4, -0.2) is 11.5 Å². The molecule has 4 heteroatoms. The Morgan fingerprint density at radius 2 is 2.33 bits per heavy atom. The van der Waals surface area contributed by atoms with Crippen LogP contribution in [0.15, 0.2) is 12.1 Å². The third kappa shape index (κ3) is 2.01. The molecular weight excluding hydrogens is 157 g/mol. The Balaban J connectivity index is 3.00. The van der Waals surface area contributed by atoms with Gasteiger partial charge in [0.1, 0.15) is 11.8 Å². The van der Waals surface area contributed by atoms with Crippen LogP contribution >= 0.6 is 0 Å². The van der Waals surface area contributed by atoms with E-state index < -0.39 is 5.95 Å². The van der Waals surface area contributed by atoms with Gasteiger partial charge in [-0.25, -0.2) is 4.98 Å². The first-order valence-corrected chi connectivity index (χ1v) is 3.53. The number of halogens is 1. The van der Waals surface area contributed by atoms with Gasteiger partial charge in [0.15, 0.2) is 0 Å². The molecule has 12 heavy (non-hydrogen) atoms. The van der Waals surface area contributed by atoms with E-state index in [1.165, 1.54) is 12.1 Å². The van der Waals surface area contributed by atoms with E-state index in [1.807, 2.05) is 0 Å². The van der Waals surface area contributed by atoms with Crippen LogP contribution in [0, 0.1) is 17.3 Å². The topological polar surface area (TPSA) is 62.7 Å². The molecule has 1 rings (SSSR count). The molecule has 0 amide bonds. The molecule has 0 aliphatic rings. The van der Waals surface area contributed by atoms with E-state index in [2.05, 4.69) is 4.98 Å². The Morgan fingerprint density at radius 1 is 1.58 bits per heavy atom. The molecular formula is C8H8FN3. The maximum absolute atomic E-state index is 12.6. The molecule has 0 saturated carbocycles. The predicted octanol–water partition coefficient (Wildman–Crippen LogP) is 0.594. The Labute approximate surface area is 69.6 Å². The molecule has 0 bridgehead atoms. The summed E-state index contributed by atoms with van der Waals surface area (Å²) >= 11 is 0. The molecule has 0 unspecified atom stereocenters.